The van der Waals surface area contributed by atoms with Crippen molar-refractivity contribution in [1.29, 1.82) is 0 Å². The topological polar surface area (TPSA) is 38.8 Å². The summed E-state index contributed by atoms with van der Waals surface area (Å²) in [6.07, 6.45) is 2.25. The number of fused-ring (bicyclic) bond motifs is 3. The number of carbonyl (C=O) groups excluding carboxylic acids is 1. The highest BCUT2D eigenvalue weighted by atomic mass is 16.5. The first-order valence-corrected chi connectivity index (χ1v) is 10.8. The molecule has 0 saturated carbocycles. The molecule has 0 radical (unpaired) electrons. The Morgan fingerprint density at radius 2 is 1.90 bits per heavy atom. The zero-order chi connectivity index (χ0) is 20.6. The van der Waals surface area contributed by atoms with Gasteiger partial charge >= 0.3 is 0 Å². The van der Waals surface area contributed by atoms with E-state index < -0.39 is 0 Å². The lowest BCUT2D eigenvalue weighted by molar-refractivity contribution is -0.132. The van der Waals surface area contributed by atoms with Crippen LogP contribution in [0.1, 0.15) is 61.8 Å². The second-order valence-electron chi connectivity index (χ2n) is 8.04. The predicted molar refractivity (Wildman–Crippen MR) is 116 cm³/mol. The highest BCUT2D eigenvalue weighted by Crippen LogP contribution is 2.27. The molecule has 0 unspecified atom stereocenters. The number of benzene rings is 2. The second-order valence-corrected chi connectivity index (χ2v) is 8.04. The van der Waals surface area contributed by atoms with Gasteiger partial charge in [-0.3, -0.25) is 4.79 Å². The van der Waals surface area contributed by atoms with Gasteiger partial charge in [-0.1, -0.05) is 57.2 Å². The van der Waals surface area contributed by atoms with E-state index in [1.165, 1.54) is 16.7 Å². The van der Waals surface area contributed by atoms with Crippen LogP contribution in [0.15, 0.2) is 42.5 Å². The van der Waals surface area contributed by atoms with E-state index in [0.29, 0.717) is 45.2 Å². The van der Waals surface area contributed by atoms with Gasteiger partial charge in [-0.05, 0) is 40.7 Å². The fourth-order valence-electron chi connectivity index (χ4n) is 3.67. The van der Waals surface area contributed by atoms with Crippen LogP contribution in [-0.2, 0) is 22.5 Å². The Morgan fingerprint density at radius 1 is 1.07 bits per heavy atom. The van der Waals surface area contributed by atoms with Crippen molar-refractivity contribution < 1.29 is 14.3 Å². The van der Waals surface area contributed by atoms with Gasteiger partial charge in [-0.2, -0.15) is 0 Å². The molecule has 29 heavy (non-hydrogen) atoms. The lowest BCUT2D eigenvalue weighted by Gasteiger charge is -2.24. The molecule has 1 aliphatic rings. The molecular formula is C25H33NO3. The zero-order valence-electron chi connectivity index (χ0n) is 17.9. The standard InChI is InChI=1S/C25H33NO3/c1-4-6-25(27)26-11-12-28-13-14-29-24-10-9-22(19(2)3)17-23(24)16-20-7-5-8-21(15-20)18-26/h5,7-10,15,17,19H,4,6,11-14,16,18H2,1-3H3. The van der Waals surface area contributed by atoms with Crippen LogP contribution < -0.4 is 4.74 Å². The number of carbonyl (C=O) groups is 1. The molecule has 1 amide bonds. The Morgan fingerprint density at radius 3 is 2.69 bits per heavy atom. The minimum absolute atomic E-state index is 0.191. The molecule has 1 aliphatic heterocycles. The maximum atomic E-state index is 12.5. The maximum absolute atomic E-state index is 12.5. The molecule has 2 bridgehead atoms. The summed E-state index contributed by atoms with van der Waals surface area (Å²) < 4.78 is 11.8. The molecule has 4 heteroatoms. The van der Waals surface area contributed by atoms with E-state index in [1.54, 1.807) is 0 Å². The number of ether oxygens (including phenoxy) is 2. The summed E-state index contributed by atoms with van der Waals surface area (Å²) in [6, 6.07) is 15.1. The van der Waals surface area contributed by atoms with Gasteiger partial charge in [0, 0.05) is 25.9 Å². The highest BCUT2D eigenvalue weighted by Gasteiger charge is 2.15. The van der Waals surface area contributed by atoms with Crippen LogP contribution in [0.2, 0.25) is 0 Å². The van der Waals surface area contributed by atoms with Gasteiger partial charge in [0.25, 0.3) is 0 Å². The van der Waals surface area contributed by atoms with Gasteiger partial charge in [0.2, 0.25) is 5.91 Å². The van der Waals surface area contributed by atoms with Gasteiger partial charge in [0.15, 0.2) is 0 Å². The SMILES string of the molecule is CCCC(=O)N1CCOCCOc2ccc(C(C)C)cc2Cc2cccc(c2)C1. The summed E-state index contributed by atoms with van der Waals surface area (Å²) >= 11 is 0. The average Bonchev–Trinajstić information content (AvgIpc) is 2.70. The highest BCUT2D eigenvalue weighted by molar-refractivity contribution is 5.76. The second kappa shape index (κ2) is 10.4. The lowest BCUT2D eigenvalue weighted by Crippen LogP contribution is -2.33. The Kier molecular flexibility index (Phi) is 7.70. The van der Waals surface area contributed by atoms with Crippen LogP contribution in [-0.4, -0.2) is 37.2 Å². The first kappa shape index (κ1) is 21.4. The van der Waals surface area contributed by atoms with Crippen LogP contribution in [0.4, 0.5) is 0 Å². The number of amides is 1. The van der Waals surface area contributed by atoms with Gasteiger partial charge in [-0.25, -0.2) is 0 Å². The van der Waals surface area contributed by atoms with Gasteiger partial charge < -0.3 is 14.4 Å². The van der Waals surface area contributed by atoms with E-state index in [4.69, 9.17) is 9.47 Å². The summed E-state index contributed by atoms with van der Waals surface area (Å²) in [4.78, 5) is 14.5. The maximum Gasteiger partial charge on any atom is 0.222 e. The van der Waals surface area contributed by atoms with E-state index in [9.17, 15) is 4.79 Å². The number of hydrogen-bond donors (Lipinski definition) is 0. The van der Waals surface area contributed by atoms with Crippen LogP contribution in [0.3, 0.4) is 0 Å². The molecule has 0 aromatic heterocycles. The van der Waals surface area contributed by atoms with Crippen LogP contribution in [0.25, 0.3) is 0 Å². The third-order valence-electron chi connectivity index (χ3n) is 5.32. The normalized spacial score (nSPS) is 15.4. The summed E-state index contributed by atoms with van der Waals surface area (Å²) in [7, 11) is 0. The Balaban J connectivity index is 1.90. The van der Waals surface area contributed by atoms with Crippen LogP contribution in [0, 0.1) is 0 Å². The first-order valence-electron chi connectivity index (χ1n) is 10.8. The van der Waals surface area contributed by atoms with Crippen molar-refractivity contribution in [2.45, 2.75) is 52.5 Å². The van der Waals surface area contributed by atoms with E-state index in [2.05, 4.69) is 56.3 Å². The number of rotatable bonds is 3. The molecule has 0 N–H and O–H groups in total. The summed E-state index contributed by atoms with van der Waals surface area (Å²) in [6.45, 7) is 9.26. The van der Waals surface area contributed by atoms with Crippen molar-refractivity contribution in [2.24, 2.45) is 0 Å². The molecule has 3 rings (SSSR count). The van der Waals surface area contributed by atoms with E-state index in [1.807, 2.05) is 11.8 Å². The van der Waals surface area contributed by atoms with Crippen LogP contribution >= 0.6 is 0 Å². The van der Waals surface area contributed by atoms with E-state index in [-0.39, 0.29) is 5.91 Å². The van der Waals surface area contributed by atoms with E-state index in [0.717, 1.165) is 24.2 Å². The molecular weight excluding hydrogens is 362 g/mol. The summed E-state index contributed by atoms with van der Waals surface area (Å²) in [5.41, 5.74) is 4.91. The van der Waals surface area contributed by atoms with E-state index >= 15 is 0 Å². The largest absolute Gasteiger partial charge is 0.491 e. The molecule has 1 heterocycles. The molecule has 0 saturated heterocycles. The molecule has 156 valence electrons. The van der Waals surface area contributed by atoms with Gasteiger partial charge in [0.05, 0.1) is 13.2 Å². The molecule has 0 fully saturated rings. The summed E-state index contributed by atoms with van der Waals surface area (Å²) in [5, 5.41) is 0. The third kappa shape index (κ3) is 6.07. The Hall–Kier alpha value is -2.33. The molecule has 2 aromatic rings. The number of hydrogen-bond acceptors (Lipinski definition) is 3. The minimum Gasteiger partial charge on any atom is -0.491 e. The predicted octanol–water partition coefficient (Wildman–Crippen LogP) is 4.94. The fourth-order valence-corrected chi connectivity index (χ4v) is 3.67. The van der Waals surface area contributed by atoms with Crippen molar-refractivity contribution in [3.8, 4) is 5.75 Å². The zero-order valence-corrected chi connectivity index (χ0v) is 17.9. The molecule has 0 spiro atoms. The molecule has 4 nitrogen and oxygen atoms in total. The molecule has 2 aromatic carbocycles. The third-order valence-corrected chi connectivity index (χ3v) is 5.32. The van der Waals surface area contributed by atoms with Gasteiger partial charge in [-0.15, -0.1) is 0 Å². The van der Waals surface area contributed by atoms with Gasteiger partial charge in [0.1, 0.15) is 12.4 Å². The monoisotopic (exact) mass is 395 g/mol. The first-order chi connectivity index (χ1) is 14.1. The average molecular weight is 396 g/mol. The Bertz CT molecular complexity index is 815. The van der Waals surface area contributed by atoms with Crippen molar-refractivity contribution >= 4 is 5.91 Å². The fraction of sp³-hybridized carbons (Fsp3) is 0.480. The smallest absolute Gasteiger partial charge is 0.222 e. The Labute approximate surface area is 174 Å². The molecule has 0 atom stereocenters. The minimum atomic E-state index is 0.191. The van der Waals surface area contributed by atoms with Crippen molar-refractivity contribution in [3.05, 3.63) is 64.7 Å². The van der Waals surface area contributed by atoms with Crippen molar-refractivity contribution in [2.75, 3.05) is 26.4 Å². The lowest BCUT2D eigenvalue weighted by atomic mass is 9.96. The van der Waals surface area contributed by atoms with Crippen LogP contribution in [0.5, 0.6) is 5.75 Å². The van der Waals surface area contributed by atoms with Crippen molar-refractivity contribution in [1.82, 2.24) is 4.90 Å². The van der Waals surface area contributed by atoms with Crippen molar-refractivity contribution in [3.63, 3.8) is 0 Å². The number of nitrogens with zero attached hydrogens (tertiary/aromatic N) is 1. The summed E-state index contributed by atoms with van der Waals surface area (Å²) in [5.74, 6) is 1.60. The quantitative estimate of drug-likeness (QED) is 0.739. The molecule has 0 aliphatic carbocycles.